The highest BCUT2D eigenvalue weighted by molar-refractivity contribution is 6.25. The molecular formula is C25H38Cl2N2O6. The van der Waals surface area contributed by atoms with Crippen LogP contribution >= 0.6 is 23.2 Å². The van der Waals surface area contributed by atoms with E-state index < -0.39 is 46.8 Å². The maximum Gasteiger partial charge on any atom is 0.329 e. The molecule has 0 heterocycles. The topological polar surface area (TPSA) is 106 Å². The van der Waals surface area contributed by atoms with E-state index in [4.69, 9.17) is 37.4 Å². The first kappa shape index (κ1) is 29.8. The van der Waals surface area contributed by atoms with Crippen molar-refractivity contribution in [1.82, 2.24) is 10.6 Å². The fraction of sp³-hybridized carbons (Fsp3) is 0.680. The van der Waals surface area contributed by atoms with E-state index in [1.807, 2.05) is 44.2 Å². The first-order valence-corrected chi connectivity index (χ1v) is 13.1. The summed E-state index contributed by atoms with van der Waals surface area (Å²) in [5.41, 5.74) is 0.858. The predicted octanol–water partition coefficient (Wildman–Crippen LogP) is 2.62. The number of ether oxygens (including phenoxy) is 3. The zero-order valence-corrected chi connectivity index (χ0v) is 22.1. The molecule has 1 saturated carbocycles. The fourth-order valence-electron chi connectivity index (χ4n) is 4.05. The minimum Gasteiger partial charge on any atom is -0.462 e. The number of rotatable bonds is 14. The minimum atomic E-state index is -1.19. The standard InChI is InChI=1S/C25H38Cl2N2O6/c1-4-9-20(28-3)35-23-18(26)15-17(22(30)21(23)27)24(31)29-19(14-16-10-7-6-8-11-16)25(32)34-13-12-33-5-2/h6-8,10-11,17-23,28,30H,4-5,9,12-15H2,1-3H3,(H,29,31)/t17?,18?,19-,20?,21?,22?,23?/m0/s1. The van der Waals surface area contributed by atoms with E-state index in [2.05, 4.69) is 10.6 Å². The summed E-state index contributed by atoms with van der Waals surface area (Å²) in [5.74, 6) is -1.98. The second-order valence-electron chi connectivity index (χ2n) is 8.58. The van der Waals surface area contributed by atoms with Gasteiger partial charge in [-0.15, -0.1) is 23.2 Å². The molecule has 1 aromatic carbocycles. The lowest BCUT2D eigenvalue weighted by Gasteiger charge is -2.41. The van der Waals surface area contributed by atoms with Gasteiger partial charge in [-0.1, -0.05) is 43.7 Å². The van der Waals surface area contributed by atoms with Crippen molar-refractivity contribution < 1.29 is 28.9 Å². The molecule has 0 aliphatic heterocycles. The van der Waals surface area contributed by atoms with Crippen LogP contribution in [0.2, 0.25) is 0 Å². The molecule has 10 heteroatoms. The fourth-order valence-corrected chi connectivity index (χ4v) is 4.95. The van der Waals surface area contributed by atoms with Crippen LogP contribution in [0.5, 0.6) is 0 Å². The summed E-state index contributed by atoms with van der Waals surface area (Å²) in [7, 11) is 1.78. The zero-order chi connectivity index (χ0) is 25.8. The molecule has 2 rings (SSSR count). The number of amides is 1. The predicted molar refractivity (Wildman–Crippen MR) is 136 cm³/mol. The molecule has 1 fully saturated rings. The van der Waals surface area contributed by atoms with Gasteiger partial charge in [0.05, 0.1) is 35.5 Å². The monoisotopic (exact) mass is 532 g/mol. The van der Waals surface area contributed by atoms with Gasteiger partial charge in [0.15, 0.2) is 0 Å². The van der Waals surface area contributed by atoms with Crippen LogP contribution in [0.3, 0.4) is 0 Å². The van der Waals surface area contributed by atoms with Gasteiger partial charge in [0.25, 0.3) is 0 Å². The van der Waals surface area contributed by atoms with Crippen molar-refractivity contribution in [3.05, 3.63) is 35.9 Å². The molecule has 198 valence electrons. The summed E-state index contributed by atoms with van der Waals surface area (Å²) in [4.78, 5) is 26.0. The van der Waals surface area contributed by atoms with E-state index in [0.29, 0.717) is 6.61 Å². The number of esters is 1. The van der Waals surface area contributed by atoms with E-state index in [1.165, 1.54) is 0 Å². The number of carbonyl (C=O) groups excluding carboxylic acids is 2. The maximum absolute atomic E-state index is 13.2. The summed E-state index contributed by atoms with van der Waals surface area (Å²) in [6.07, 6.45) is -0.0342. The molecule has 8 nitrogen and oxygen atoms in total. The van der Waals surface area contributed by atoms with E-state index in [1.54, 1.807) is 7.05 Å². The number of halogens is 2. The molecule has 1 aliphatic carbocycles. The average Bonchev–Trinajstić information content (AvgIpc) is 2.85. The average molecular weight is 533 g/mol. The number of benzene rings is 1. The number of alkyl halides is 2. The number of hydrogen-bond donors (Lipinski definition) is 3. The van der Waals surface area contributed by atoms with E-state index in [-0.39, 0.29) is 32.3 Å². The van der Waals surface area contributed by atoms with Crippen LogP contribution in [0.25, 0.3) is 0 Å². The van der Waals surface area contributed by atoms with Crippen molar-refractivity contribution in [2.45, 2.75) is 74.8 Å². The summed E-state index contributed by atoms with van der Waals surface area (Å²) in [5, 5.41) is 15.2. The molecule has 1 aliphatic rings. The summed E-state index contributed by atoms with van der Waals surface area (Å²) < 4.78 is 16.5. The lowest BCUT2D eigenvalue weighted by molar-refractivity contribution is -0.151. The third-order valence-corrected chi connectivity index (χ3v) is 6.91. The van der Waals surface area contributed by atoms with Gasteiger partial charge >= 0.3 is 5.97 Å². The molecule has 6 unspecified atom stereocenters. The van der Waals surface area contributed by atoms with Gasteiger partial charge in [-0.05, 0) is 32.4 Å². The Kier molecular flexibility index (Phi) is 13.3. The first-order valence-electron chi connectivity index (χ1n) is 12.2. The normalized spacial score (nSPS) is 26.1. The molecule has 0 aromatic heterocycles. The quantitative estimate of drug-likeness (QED) is 0.146. The molecular weight excluding hydrogens is 495 g/mol. The molecule has 0 bridgehead atoms. The van der Waals surface area contributed by atoms with E-state index in [0.717, 1.165) is 18.4 Å². The van der Waals surface area contributed by atoms with Crippen LogP contribution in [0.15, 0.2) is 30.3 Å². The first-order chi connectivity index (χ1) is 16.8. The zero-order valence-electron chi connectivity index (χ0n) is 20.6. The maximum atomic E-state index is 13.2. The van der Waals surface area contributed by atoms with Crippen molar-refractivity contribution in [1.29, 1.82) is 0 Å². The number of aliphatic hydroxyl groups is 1. The Hall–Kier alpha value is -1.42. The molecule has 1 amide bonds. The summed E-state index contributed by atoms with van der Waals surface area (Å²) in [6, 6.07) is 8.37. The Labute approximate surface area is 218 Å². The van der Waals surface area contributed by atoms with Gasteiger partial charge in [0.1, 0.15) is 18.9 Å². The number of hydrogen-bond acceptors (Lipinski definition) is 7. The van der Waals surface area contributed by atoms with Crippen LogP contribution in [-0.2, 0) is 30.2 Å². The largest absolute Gasteiger partial charge is 0.462 e. The molecule has 35 heavy (non-hydrogen) atoms. The summed E-state index contributed by atoms with van der Waals surface area (Å²) >= 11 is 13.1. The second kappa shape index (κ2) is 15.6. The molecule has 1 aromatic rings. The Balaban J connectivity index is 2.07. The summed E-state index contributed by atoms with van der Waals surface area (Å²) in [6.45, 7) is 4.75. The van der Waals surface area contributed by atoms with E-state index in [9.17, 15) is 14.7 Å². The second-order valence-corrected chi connectivity index (χ2v) is 9.64. The SMILES string of the molecule is CCCC(NC)OC1C(Cl)CC(C(=O)N[C@@H](Cc2ccccc2)C(=O)OCCOCC)C(O)C1Cl. The van der Waals surface area contributed by atoms with Gasteiger partial charge < -0.3 is 24.6 Å². The number of aliphatic hydroxyl groups excluding tert-OH is 1. The Bertz CT molecular complexity index is 772. The highest BCUT2D eigenvalue weighted by Crippen LogP contribution is 2.35. The van der Waals surface area contributed by atoms with Gasteiger partial charge in [0.2, 0.25) is 5.91 Å². The molecule has 0 radical (unpaired) electrons. The van der Waals surface area contributed by atoms with Crippen LogP contribution in [-0.4, -0.2) is 79.1 Å². The van der Waals surface area contributed by atoms with Crippen molar-refractivity contribution in [2.24, 2.45) is 5.92 Å². The van der Waals surface area contributed by atoms with Crippen molar-refractivity contribution in [2.75, 3.05) is 26.9 Å². The highest BCUT2D eigenvalue weighted by atomic mass is 35.5. The van der Waals surface area contributed by atoms with E-state index >= 15 is 0 Å². The van der Waals surface area contributed by atoms with Gasteiger partial charge in [0, 0.05) is 13.0 Å². The van der Waals surface area contributed by atoms with Crippen molar-refractivity contribution >= 4 is 35.1 Å². The smallest absolute Gasteiger partial charge is 0.329 e. The molecule has 7 atom stereocenters. The van der Waals surface area contributed by atoms with Gasteiger partial charge in [-0.2, -0.15) is 0 Å². The molecule has 0 saturated heterocycles. The molecule has 3 N–H and O–H groups in total. The van der Waals surface area contributed by atoms with Gasteiger partial charge in [-0.25, -0.2) is 4.79 Å². The van der Waals surface area contributed by atoms with Crippen molar-refractivity contribution in [3.8, 4) is 0 Å². The molecule has 0 spiro atoms. The Morgan fingerprint density at radius 1 is 1.17 bits per heavy atom. The van der Waals surface area contributed by atoms with Crippen LogP contribution < -0.4 is 10.6 Å². The third-order valence-electron chi connectivity index (χ3n) is 5.98. The third kappa shape index (κ3) is 9.19. The van der Waals surface area contributed by atoms with Crippen LogP contribution in [0.4, 0.5) is 0 Å². The minimum absolute atomic E-state index is 0.0802. The highest BCUT2D eigenvalue weighted by Gasteiger charge is 2.47. The Morgan fingerprint density at radius 2 is 1.89 bits per heavy atom. The van der Waals surface area contributed by atoms with Gasteiger partial charge in [-0.3, -0.25) is 10.1 Å². The lowest BCUT2D eigenvalue weighted by atomic mass is 9.83. The number of nitrogens with one attached hydrogen (secondary N) is 2. The van der Waals surface area contributed by atoms with Crippen molar-refractivity contribution in [3.63, 3.8) is 0 Å². The Morgan fingerprint density at radius 3 is 2.51 bits per heavy atom. The number of carbonyl (C=O) groups is 2. The van der Waals surface area contributed by atoms with Crippen LogP contribution in [0.1, 0.15) is 38.7 Å². The van der Waals surface area contributed by atoms with Crippen LogP contribution in [0, 0.1) is 5.92 Å². The lowest BCUT2D eigenvalue weighted by Crippen LogP contribution is -2.57.